The molecule has 5 rings (SSSR count). The van der Waals surface area contributed by atoms with E-state index in [1.807, 2.05) is 31.2 Å². The van der Waals surface area contributed by atoms with Crippen LogP contribution < -0.4 is 14.4 Å². The molecule has 0 saturated heterocycles. The molecule has 0 amide bonds. The number of thiophene rings is 1. The van der Waals surface area contributed by atoms with E-state index >= 15 is 0 Å². The SMILES string of the molecule is CCN(CC)c1ccc(/C=C2\Oc3c(cc4c(c3C)OCN(Cc3cccs3)C4)C2=O)cc1. The van der Waals surface area contributed by atoms with Gasteiger partial charge in [-0.3, -0.25) is 9.69 Å². The van der Waals surface area contributed by atoms with Gasteiger partial charge >= 0.3 is 0 Å². The number of ketones is 1. The normalized spacial score (nSPS) is 16.3. The van der Waals surface area contributed by atoms with Gasteiger partial charge in [0.05, 0.1) is 5.56 Å². The molecule has 0 spiro atoms. The number of carbonyl (C=O) groups is 1. The Morgan fingerprint density at radius 2 is 1.91 bits per heavy atom. The number of rotatable bonds is 6. The molecule has 6 heteroatoms. The minimum absolute atomic E-state index is 0.0703. The van der Waals surface area contributed by atoms with Gasteiger partial charge in [0, 0.05) is 47.9 Å². The van der Waals surface area contributed by atoms with Crippen molar-refractivity contribution in [3.05, 3.63) is 80.7 Å². The summed E-state index contributed by atoms with van der Waals surface area (Å²) in [6, 6.07) is 14.4. The largest absolute Gasteiger partial charge is 0.477 e. The quantitative estimate of drug-likeness (QED) is 0.430. The Kier molecular flexibility index (Phi) is 5.96. The summed E-state index contributed by atoms with van der Waals surface area (Å²) in [4.78, 5) is 19.0. The van der Waals surface area contributed by atoms with Crippen molar-refractivity contribution >= 4 is 28.9 Å². The van der Waals surface area contributed by atoms with Gasteiger partial charge in [0.2, 0.25) is 5.78 Å². The van der Waals surface area contributed by atoms with Gasteiger partial charge in [-0.05, 0) is 62.1 Å². The Hall–Kier alpha value is -3.09. The number of hydrogen-bond acceptors (Lipinski definition) is 6. The summed E-state index contributed by atoms with van der Waals surface area (Å²) in [5.41, 5.74) is 4.68. The number of hydrogen-bond donors (Lipinski definition) is 0. The second-order valence-electron chi connectivity index (χ2n) is 8.41. The average molecular weight is 461 g/mol. The van der Waals surface area contributed by atoms with E-state index in [0.717, 1.165) is 48.6 Å². The van der Waals surface area contributed by atoms with Gasteiger partial charge in [-0.25, -0.2) is 0 Å². The molecule has 3 aromatic rings. The number of fused-ring (bicyclic) bond motifs is 2. The molecule has 170 valence electrons. The summed E-state index contributed by atoms with van der Waals surface area (Å²) in [6.45, 7) is 10.3. The van der Waals surface area contributed by atoms with Gasteiger partial charge in [0.25, 0.3) is 0 Å². The first kappa shape index (κ1) is 21.7. The maximum atomic E-state index is 13.2. The first-order valence-corrected chi connectivity index (χ1v) is 12.3. The molecule has 0 saturated carbocycles. The molecule has 0 N–H and O–H groups in total. The third-order valence-corrected chi connectivity index (χ3v) is 7.14. The van der Waals surface area contributed by atoms with Crippen LogP contribution in [0.1, 0.15) is 45.8 Å². The Morgan fingerprint density at radius 3 is 2.61 bits per heavy atom. The van der Waals surface area contributed by atoms with E-state index < -0.39 is 0 Å². The minimum atomic E-state index is -0.0703. The summed E-state index contributed by atoms with van der Waals surface area (Å²) in [7, 11) is 0. The maximum absolute atomic E-state index is 13.2. The lowest BCUT2D eigenvalue weighted by Crippen LogP contribution is -2.31. The molecule has 1 aromatic heterocycles. The number of ether oxygens (including phenoxy) is 2. The van der Waals surface area contributed by atoms with Crippen LogP contribution in [0.3, 0.4) is 0 Å². The van der Waals surface area contributed by atoms with Crippen molar-refractivity contribution in [1.29, 1.82) is 0 Å². The van der Waals surface area contributed by atoms with E-state index in [2.05, 4.69) is 53.3 Å². The zero-order valence-corrected chi connectivity index (χ0v) is 20.1. The van der Waals surface area contributed by atoms with E-state index in [9.17, 15) is 4.79 Å². The van der Waals surface area contributed by atoms with Crippen LogP contribution in [0.4, 0.5) is 5.69 Å². The molecule has 2 aliphatic rings. The second-order valence-corrected chi connectivity index (χ2v) is 9.44. The zero-order valence-electron chi connectivity index (χ0n) is 19.3. The van der Waals surface area contributed by atoms with Crippen LogP contribution >= 0.6 is 11.3 Å². The molecule has 0 bridgehead atoms. The van der Waals surface area contributed by atoms with E-state index in [0.29, 0.717) is 23.8 Å². The van der Waals surface area contributed by atoms with Crippen molar-refractivity contribution in [2.24, 2.45) is 0 Å². The zero-order chi connectivity index (χ0) is 22.9. The van der Waals surface area contributed by atoms with E-state index in [1.54, 1.807) is 11.3 Å². The second kappa shape index (κ2) is 9.04. The minimum Gasteiger partial charge on any atom is -0.477 e. The van der Waals surface area contributed by atoms with E-state index in [4.69, 9.17) is 9.47 Å². The number of carbonyl (C=O) groups excluding carboxylic acids is 1. The van der Waals surface area contributed by atoms with Crippen molar-refractivity contribution < 1.29 is 14.3 Å². The molecule has 2 aliphatic heterocycles. The van der Waals surface area contributed by atoms with Crippen molar-refractivity contribution in [3.63, 3.8) is 0 Å². The standard InChI is InChI=1S/C27H28N2O3S/c1-4-29(5-2)21-10-8-19(9-11-21)13-24-25(30)23-14-20-15-28(16-22-7-6-12-33-22)17-31-26(20)18(3)27(23)32-24/h6-14H,4-5,15-17H2,1-3H3/b24-13-. The molecule has 0 unspecified atom stereocenters. The van der Waals surface area contributed by atoms with E-state index in [1.165, 1.54) is 10.6 Å². The lowest BCUT2D eigenvalue weighted by atomic mass is 10.00. The van der Waals surface area contributed by atoms with Gasteiger partial charge in [-0.1, -0.05) is 18.2 Å². The summed E-state index contributed by atoms with van der Waals surface area (Å²) < 4.78 is 12.2. The first-order valence-electron chi connectivity index (χ1n) is 11.4. The van der Waals surface area contributed by atoms with E-state index in [-0.39, 0.29) is 5.78 Å². The van der Waals surface area contributed by atoms with Crippen molar-refractivity contribution in [1.82, 2.24) is 4.90 Å². The Morgan fingerprint density at radius 1 is 1.12 bits per heavy atom. The molecule has 0 fully saturated rings. The summed E-state index contributed by atoms with van der Waals surface area (Å²) in [5.74, 6) is 1.76. The molecule has 33 heavy (non-hydrogen) atoms. The number of anilines is 1. The van der Waals surface area contributed by atoms with Gasteiger partial charge in [-0.15, -0.1) is 11.3 Å². The maximum Gasteiger partial charge on any atom is 0.231 e. The third kappa shape index (κ3) is 4.16. The third-order valence-electron chi connectivity index (χ3n) is 6.28. The fourth-order valence-electron chi connectivity index (χ4n) is 4.54. The van der Waals surface area contributed by atoms with Gasteiger partial charge in [0.1, 0.15) is 18.2 Å². The highest BCUT2D eigenvalue weighted by Crippen LogP contribution is 2.43. The monoisotopic (exact) mass is 460 g/mol. The van der Waals surface area contributed by atoms with Crippen LogP contribution in [-0.4, -0.2) is 30.5 Å². The molecule has 2 aromatic carbocycles. The van der Waals surface area contributed by atoms with Gasteiger partial charge < -0.3 is 14.4 Å². The summed E-state index contributed by atoms with van der Waals surface area (Å²) in [5, 5.41) is 2.09. The predicted molar refractivity (Wildman–Crippen MR) is 133 cm³/mol. The molecule has 0 radical (unpaired) electrons. The lowest BCUT2D eigenvalue weighted by molar-refractivity contribution is 0.0886. The predicted octanol–water partition coefficient (Wildman–Crippen LogP) is 5.87. The van der Waals surface area contributed by atoms with Crippen molar-refractivity contribution in [3.8, 4) is 11.5 Å². The van der Waals surface area contributed by atoms with Crippen LogP contribution in [0.25, 0.3) is 6.08 Å². The van der Waals surface area contributed by atoms with Crippen LogP contribution in [-0.2, 0) is 13.1 Å². The average Bonchev–Trinajstić information content (AvgIpc) is 3.44. The highest BCUT2D eigenvalue weighted by Gasteiger charge is 2.33. The fourth-order valence-corrected chi connectivity index (χ4v) is 5.29. The van der Waals surface area contributed by atoms with Crippen molar-refractivity contribution in [2.45, 2.75) is 33.9 Å². The van der Waals surface area contributed by atoms with Gasteiger partial charge in [0.15, 0.2) is 5.76 Å². The Balaban J connectivity index is 1.38. The first-order chi connectivity index (χ1) is 16.1. The van der Waals surface area contributed by atoms with Crippen LogP contribution in [0.2, 0.25) is 0 Å². The topological polar surface area (TPSA) is 42.0 Å². The summed E-state index contributed by atoms with van der Waals surface area (Å²) in [6.07, 6.45) is 1.83. The molecule has 0 atom stereocenters. The molecule has 3 heterocycles. The van der Waals surface area contributed by atoms with Gasteiger partial charge in [-0.2, -0.15) is 0 Å². The molecule has 0 aliphatic carbocycles. The molecular formula is C27H28N2O3S. The lowest BCUT2D eigenvalue weighted by Gasteiger charge is -2.30. The van der Waals surface area contributed by atoms with Crippen LogP contribution in [0, 0.1) is 6.92 Å². The number of allylic oxidation sites excluding steroid dienone is 1. The smallest absolute Gasteiger partial charge is 0.231 e. The fraction of sp³-hybridized carbons (Fsp3) is 0.296. The Labute approximate surface area is 198 Å². The number of Topliss-reactive ketones (excluding diaryl/α,β-unsaturated/α-hetero) is 1. The highest BCUT2D eigenvalue weighted by molar-refractivity contribution is 7.09. The number of nitrogens with zero attached hydrogens (tertiary/aromatic N) is 2. The highest BCUT2D eigenvalue weighted by atomic mass is 32.1. The van der Waals surface area contributed by atoms with Crippen molar-refractivity contribution in [2.75, 3.05) is 24.7 Å². The number of benzene rings is 2. The summed E-state index contributed by atoms with van der Waals surface area (Å²) >= 11 is 1.75. The van der Waals surface area contributed by atoms with Crippen LogP contribution in [0.15, 0.2) is 53.6 Å². The Bertz CT molecular complexity index is 1200. The van der Waals surface area contributed by atoms with Crippen LogP contribution in [0.5, 0.6) is 11.5 Å². The molecular weight excluding hydrogens is 432 g/mol. The molecule has 5 nitrogen and oxygen atoms in total.